The number of ketones is 1. The molecule has 0 atom stereocenters. The van der Waals surface area contributed by atoms with Crippen LogP contribution in [0.25, 0.3) is 11.0 Å². The fourth-order valence-electron chi connectivity index (χ4n) is 4.50. The van der Waals surface area contributed by atoms with Gasteiger partial charge in [0.15, 0.2) is 5.78 Å². The van der Waals surface area contributed by atoms with Crippen LogP contribution in [0.1, 0.15) is 47.8 Å². The minimum absolute atomic E-state index is 0.00372. The number of fused-ring (bicyclic) bond motifs is 1. The fourth-order valence-corrected chi connectivity index (χ4v) is 4.50. The molecular formula is C30H34N4O3. The number of amides is 1. The summed E-state index contributed by atoms with van der Waals surface area (Å²) in [5.74, 6) is -0.302. The summed E-state index contributed by atoms with van der Waals surface area (Å²) in [4.78, 5) is 27.6. The maximum atomic E-state index is 13.6. The Labute approximate surface area is 217 Å². The second-order valence-electron chi connectivity index (χ2n) is 10.6. The number of Topliss-reactive ketones (excluding diaryl/α,β-unsaturated/α-hetero) is 1. The van der Waals surface area contributed by atoms with Gasteiger partial charge in [0.1, 0.15) is 5.75 Å². The van der Waals surface area contributed by atoms with E-state index in [1.807, 2.05) is 79.9 Å². The maximum absolute atomic E-state index is 13.6. The molecule has 3 aromatic carbocycles. The van der Waals surface area contributed by atoms with E-state index in [1.54, 1.807) is 30.8 Å². The summed E-state index contributed by atoms with van der Waals surface area (Å²) in [6.07, 6.45) is -0.00372. The molecule has 2 N–H and O–H groups in total. The fraction of sp³-hybridized carbons (Fsp3) is 0.300. The molecule has 1 heterocycles. The van der Waals surface area contributed by atoms with Crippen molar-refractivity contribution >= 4 is 22.7 Å². The molecule has 0 aliphatic carbocycles. The summed E-state index contributed by atoms with van der Waals surface area (Å²) >= 11 is 0. The number of benzene rings is 3. The van der Waals surface area contributed by atoms with Crippen molar-refractivity contribution in [2.75, 3.05) is 14.1 Å². The van der Waals surface area contributed by atoms with E-state index < -0.39 is 5.41 Å². The highest BCUT2D eigenvalue weighted by Gasteiger charge is 2.25. The highest BCUT2D eigenvalue weighted by Crippen LogP contribution is 2.35. The molecule has 0 radical (unpaired) electrons. The van der Waals surface area contributed by atoms with Gasteiger partial charge in [0.2, 0.25) is 11.5 Å². The Hall–Kier alpha value is -4.13. The Bertz CT molecular complexity index is 1520. The number of nitrogens with zero attached hydrogens (tertiary/aromatic N) is 3. The number of nitrogens with one attached hydrogen (secondary N) is 1. The number of para-hydroxylation sites is 2. The van der Waals surface area contributed by atoms with Crippen LogP contribution in [0, 0.1) is 5.41 Å². The van der Waals surface area contributed by atoms with Crippen LogP contribution in [0.3, 0.4) is 0 Å². The van der Waals surface area contributed by atoms with E-state index in [4.69, 9.17) is 5.41 Å². The van der Waals surface area contributed by atoms with Crippen LogP contribution in [0.5, 0.6) is 5.75 Å². The molecule has 4 rings (SSSR count). The maximum Gasteiger partial charge on any atom is 0.226 e. The van der Waals surface area contributed by atoms with Crippen molar-refractivity contribution in [3.8, 4) is 5.75 Å². The number of carbonyl (C=O) groups excluding carboxylic acids is 2. The Kier molecular flexibility index (Phi) is 7.07. The zero-order chi connectivity index (χ0) is 26.9. The van der Waals surface area contributed by atoms with Gasteiger partial charge in [-0.05, 0) is 35.2 Å². The van der Waals surface area contributed by atoms with E-state index in [1.165, 1.54) is 4.90 Å². The van der Waals surface area contributed by atoms with Crippen LogP contribution in [0.4, 0.5) is 0 Å². The predicted molar refractivity (Wildman–Crippen MR) is 145 cm³/mol. The lowest BCUT2D eigenvalue weighted by Crippen LogP contribution is -2.28. The van der Waals surface area contributed by atoms with E-state index in [0.29, 0.717) is 23.2 Å². The summed E-state index contributed by atoms with van der Waals surface area (Å²) in [5, 5.41) is 19.9. The average molecular weight is 499 g/mol. The molecule has 7 heteroatoms. The minimum atomic E-state index is -0.435. The van der Waals surface area contributed by atoms with E-state index in [2.05, 4.69) is 0 Å². The molecule has 7 nitrogen and oxygen atoms in total. The second-order valence-corrected chi connectivity index (χ2v) is 10.6. The topological polar surface area (TPSA) is 91.3 Å². The SMILES string of the molecule is CN(C)C(=O)Cc1cc(C(=O)Cn2c(=N)n(Cc3ccccc3)c3ccccc32)cc(C(C)(C)C)c1O. The molecule has 0 aliphatic rings. The summed E-state index contributed by atoms with van der Waals surface area (Å²) in [6.45, 7) is 6.37. The van der Waals surface area contributed by atoms with Crippen LogP contribution in [0.15, 0.2) is 66.7 Å². The van der Waals surface area contributed by atoms with Crippen molar-refractivity contribution < 1.29 is 14.7 Å². The van der Waals surface area contributed by atoms with Crippen LogP contribution in [-0.2, 0) is 29.7 Å². The van der Waals surface area contributed by atoms with Crippen LogP contribution in [0.2, 0.25) is 0 Å². The summed E-state index contributed by atoms with van der Waals surface area (Å²) in [5.41, 5.74) is 4.00. The number of imidazole rings is 1. The molecule has 192 valence electrons. The second kappa shape index (κ2) is 10.1. The lowest BCUT2D eigenvalue weighted by atomic mass is 9.83. The largest absolute Gasteiger partial charge is 0.507 e. The number of phenolic OH excluding ortho intramolecular Hbond substituents is 1. The summed E-state index contributed by atoms with van der Waals surface area (Å²) in [6, 6.07) is 21.0. The number of phenols is 1. The van der Waals surface area contributed by atoms with Crippen molar-refractivity contribution in [2.24, 2.45) is 0 Å². The van der Waals surface area contributed by atoms with Gasteiger partial charge in [0.25, 0.3) is 0 Å². The molecular weight excluding hydrogens is 464 g/mol. The third-order valence-electron chi connectivity index (χ3n) is 6.62. The first-order valence-corrected chi connectivity index (χ1v) is 12.3. The van der Waals surface area contributed by atoms with Gasteiger partial charge in [-0.1, -0.05) is 63.2 Å². The van der Waals surface area contributed by atoms with E-state index in [9.17, 15) is 14.7 Å². The van der Waals surface area contributed by atoms with Gasteiger partial charge in [-0.15, -0.1) is 0 Å². The van der Waals surface area contributed by atoms with Crippen LogP contribution in [-0.4, -0.2) is 44.9 Å². The number of carbonyl (C=O) groups is 2. The van der Waals surface area contributed by atoms with Crippen LogP contribution >= 0.6 is 0 Å². The molecule has 1 amide bonds. The highest BCUT2D eigenvalue weighted by molar-refractivity contribution is 5.97. The first-order chi connectivity index (χ1) is 17.5. The quantitative estimate of drug-likeness (QED) is 0.368. The Morgan fingerprint density at radius 1 is 0.919 bits per heavy atom. The van der Waals surface area contributed by atoms with Gasteiger partial charge in [0, 0.05) is 30.8 Å². The van der Waals surface area contributed by atoms with Crippen molar-refractivity contribution in [2.45, 2.75) is 45.7 Å². The third kappa shape index (κ3) is 5.35. The molecule has 0 spiro atoms. The zero-order valence-corrected chi connectivity index (χ0v) is 22.1. The monoisotopic (exact) mass is 498 g/mol. The number of hydrogen-bond donors (Lipinski definition) is 2. The van der Waals surface area contributed by atoms with Crippen molar-refractivity contribution in [1.29, 1.82) is 5.41 Å². The first-order valence-electron chi connectivity index (χ1n) is 12.3. The predicted octanol–water partition coefficient (Wildman–Crippen LogP) is 4.49. The number of rotatable bonds is 7. The molecule has 37 heavy (non-hydrogen) atoms. The zero-order valence-electron chi connectivity index (χ0n) is 22.1. The summed E-state index contributed by atoms with van der Waals surface area (Å²) in [7, 11) is 3.33. The van der Waals surface area contributed by atoms with Gasteiger partial charge >= 0.3 is 0 Å². The number of hydrogen-bond acceptors (Lipinski definition) is 4. The third-order valence-corrected chi connectivity index (χ3v) is 6.62. The number of aromatic hydroxyl groups is 1. The van der Waals surface area contributed by atoms with Crippen molar-refractivity contribution in [3.63, 3.8) is 0 Å². The van der Waals surface area contributed by atoms with Gasteiger partial charge in [0.05, 0.1) is 30.5 Å². The first kappa shape index (κ1) is 25.9. The number of likely N-dealkylation sites (N-methyl/N-ethyl adjacent to an activating group) is 1. The van der Waals surface area contributed by atoms with E-state index in [-0.39, 0.29) is 36.0 Å². The van der Waals surface area contributed by atoms with Gasteiger partial charge in [-0.2, -0.15) is 0 Å². The molecule has 4 aromatic rings. The standard InChI is InChI=1S/C30H34N4O3/c1-30(2,3)23-16-21(15-22(28(23)37)17-27(36)32(4)5)26(35)19-34-25-14-10-9-13-24(25)33(29(34)31)18-20-11-7-6-8-12-20/h6-16,31,37H,17-19H2,1-5H3. The molecule has 0 bridgehead atoms. The Morgan fingerprint density at radius 2 is 1.51 bits per heavy atom. The van der Waals surface area contributed by atoms with E-state index in [0.717, 1.165) is 16.6 Å². The number of aromatic nitrogens is 2. The lowest BCUT2D eigenvalue weighted by Gasteiger charge is -2.23. The Morgan fingerprint density at radius 3 is 2.11 bits per heavy atom. The summed E-state index contributed by atoms with van der Waals surface area (Å²) < 4.78 is 3.62. The molecule has 0 saturated carbocycles. The van der Waals surface area contributed by atoms with Gasteiger partial charge in [-0.3, -0.25) is 15.0 Å². The highest BCUT2D eigenvalue weighted by atomic mass is 16.3. The van der Waals surface area contributed by atoms with Crippen molar-refractivity contribution in [1.82, 2.24) is 14.0 Å². The van der Waals surface area contributed by atoms with Crippen molar-refractivity contribution in [3.05, 3.63) is 94.6 Å². The molecule has 0 fully saturated rings. The van der Waals surface area contributed by atoms with E-state index >= 15 is 0 Å². The van der Waals surface area contributed by atoms with Gasteiger partial charge in [-0.25, -0.2) is 0 Å². The molecule has 0 aliphatic heterocycles. The van der Waals surface area contributed by atoms with Gasteiger partial charge < -0.3 is 19.1 Å². The molecule has 0 saturated heterocycles. The Balaban J connectivity index is 1.76. The van der Waals surface area contributed by atoms with Crippen LogP contribution < -0.4 is 5.62 Å². The average Bonchev–Trinajstić information content (AvgIpc) is 3.11. The normalized spacial score (nSPS) is 11.6. The lowest BCUT2D eigenvalue weighted by molar-refractivity contribution is -0.128. The smallest absolute Gasteiger partial charge is 0.226 e. The minimum Gasteiger partial charge on any atom is -0.507 e. The molecule has 0 unspecified atom stereocenters. The molecule has 1 aromatic heterocycles.